The van der Waals surface area contributed by atoms with Crippen molar-refractivity contribution in [2.45, 2.75) is 0 Å². The number of rotatable bonds is 2. The first kappa shape index (κ1) is 13.5. The Hall–Kier alpha value is -3.14. The second kappa shape index (κ2) is 5.25. The number of nitrogens with zero attached hydrogens (tertiary/aromatic N) is 2. The zero-order valence-electron chi connectivity index (χ0n) is 12.1. The first-order valence-electron chi connectivity index (χ1n) is 7.15. The predicted molar refractivity (Wildman–Crippen MR) is 87.0 cm³/mol. The average molecular weight is 303 g/mol. The summed E-state index contributed by atoms with van der Waals surface area (Å²) in [7, 11) is 0. The van der Waals surface area contributed by atoms with Gasteiger partial charge in [0, 0.05) is 41.2 Å². The largest absolute Gasteiger partial charge is 0.508 e. The molecule has 4 rings (SSSR count). The molecule has 0 unspecified atom stereocenters. The number of fused-ring (bicyclic) bond motifs is 1. The molecule has 3 nitrogen and oxygen atoms in total. The molecule has 0 saturated carbocycles. The Balaban J connectivity index is 1.90. The summed E-state index contributed by atoms with van der Waals surface area (Å²) in [5.74, 6) is -0.129. The Morgan fingerprint density at radius 2 is 2.00 bits per heavy atom. The summed E-state index contributed by atoms with van der Waals surface area (Å²) >= 11 is 0. The number of aromatic nitrogens is 2. The van der Waals surface area contributed by atoms with Crippen molar-refractivity contribution in [3.05, 3.63) is 78.9 Å². The Bertz CT molecular complexity index is 993. The number of hydrogen-bond donors (Lipinski definition) is 1. The van der Waals surface area contributed by atoms with E-state index in [1.807, 2.05) is 22.9 Å². The molecule has 0 amide bonds. The van der Waals surface area contributed by atoms with Gasteiger partial charge >= 0.3 is 0 Å². The summed E-state index contributed by atoms with van der Waals surface area (Å²) in [6.07, 6.45) is 3.54. The lowest BCUT2D eigenvalue weighted by Crippen LogP contribution is -1.93. The summed E-state index contributed by atoms with van der Waals surface area (Å²) in [5.41, 5.74) is 3.07. The molecule has 111 valence electrons. The number of benzene rings is 2. The number of hydrogen-bond acceptors (Lipinski definition) is 2. The third-order valence-electron chi connectivity index (χ3n) is 3.71. The van der Waals surface area contributed by atoms with Crippen molar-refractivity contribution < 1.29 is 9.50 Å². The van der Waals surface area contributed by atoms with Gasteiger partial charge < -0.3 is 9.67 Å². The smallest absolute Gasteiger partial charge is 0.123 e. The van der Waals surface area contributed by atoms with E-state index < -0.39 is 0 Å². The maximum absolute atomic E-state index is 13.3. The summed E-state index contributed by atoms with van der Waals surface area (Å²) < 4.78 is 15.2. The van der Waals surface area contributed by atoms with Gasteiger partial charge in [0.1, 0.15) is 11.6 Å². The molecule has 0 bridgehead atoms. The molecule has 4 heteroatoms. The van der Waals surface area contributed by atoms with E-state index in [0.29, 0.717) is 5.69 Å². The Morgan fingerprint density at radius 3 is 2.83 bits per heavy atom. The standard InChI is InChI=1S/C19H12FN2O/c20-15-4-5-19-13(9-15)6-8-22(19)16-10-14(11-17(23)12-16)18-3-1-2-7-21-18/h1-2,4-12,23H. The van der Waals surface area contributed by atoms with E-state index in [0.717, 1.165) is 22.2 Å². The van der Waals surface area contributed by atoms with Crippen LogP contribution in [0, 0.1) is 11.9 Å². The summed E-state index contributed by atoms with van der Waals surface area (Å²) in [6.45, 7) is 0. The van der Waals surface area contributed by atoms with Gasteiger partial charge in [0.05, 0.1) is 11.2 Å². The monoisotopic (exact) mass is 303 g/mol. The second-order valence-electron chi connectivity index (χ2n) is 5.26. The van der Waals surface area contributed by atoms with Crippen LogP contribution in [0.5, 0.6) is 5.75 Å². The van der Waals surface area contributed by atoms with Gasteiger partial charge in [-0.15, -0.1) is 0 Å². The van der Waals surface area contributed by atoms with Crippen molar-refractivity contribution in [2.75, 3.05) is 0 Å². The first-order valence-corrected chi connectivity index (χ1v) is 7.15. The summed E-state index contributed by atoms with van der Waals surface area (Å²) in [4.78, 5) is 4.26. The maximum Gasteiger partial charge on any atom is 0.123 e. The topological polar surface area (TPSA) is 38.1 Å². The van der Waals surface area contributed by atoms with Crippen LogP contribution in [0.2, 0.25) is 0 Å². The average Bonchev–Trinajstić information content (AvgIpc) is 2.98. The molecule has 0 aliphatic rings. The molecule has 0 fully saturated rings. The van der Waals surface area contributed by atoms with Gasteiger partial charge in [-0.2, -0.15) is 0 Å². The van der Waals surface area contributed by atoms with Gasteiger partial charge in [-0.1, -0.05) is 6.07 Å². The van der Waals surface area contributed by atoms with Crippen molar-refractivity contribution >= 4 is 10.9 Å². The van der Waals surface area contributed by atoms with Crippen LogP contribution in [-0.4, -0.2) is 14.7 Å². The van der Waals surface area contributed by atoms with Gasteiger partial charge in [0.25, 0.3) is 0 Å². The molecule has 0 spiro atoms. The zero-order chi connectivity index (χ0) is 15.8. The molecule has 0 aliphatic carbocycles. The number of aromatic hydroxyl groups is 1. The van der Waals surface area contributed by atoms with Gasteiger partial charge in [-0.25, -0.2) is 4.39 Å². The molecule has 0 aliphatic heterocycles. The fraction of sp³-hybridized carbons (Fsp3) is 0. The normalized spacial score (nSPS) is 11.0. The van der Waals surface area contributed by atoms with E-state index in [9.17, 15) is 9.50 Å². The van der Waals surface area contributed by atoms with Crippen molar-refractivity contribution in [1.29, 1.82) is 0 Å². The van der Waals surface area contributed by atoms with Gasteiger partial charge in [0.2, 0.25) is 0 Å². The van der Waals surface area contributed by atoms with E-state index in [1.54, 1.807) is 36.5 Å². The maximum atomic E-state index is 13.3. The van der Waals surface area contributed by atoms with Crippen molar-refractivity contribution in [2.24, 2.45) is 0 Å². The van der Waals surface area contributed by atoms with Crippen LogP contribution in [-0.2, 0) is 0 Å². The van der Waals surface area contributed by atoms with Crippen LogP contribution in [0.4, 0.5) is 4.39 Å². The quantitative estimate of drug-likeness (QED) is 0.598. The minimum Gasteiger partial charge on any atom is -0.508 e. The second-order valence-corrected chi connectivity index (χ2v) is 5.26. The highest BCUT2D eigenvalue weighted by Crippen LogP contribution is 2.28. The molecule has 1 radical (unpaired) electrons. The van der Waals surface area contributed by atoms with Crippen molar-refractivity contribution in [3.8, 4) is 22.7 Å². The van der Waals surface area contributed by atoms with E-state index in [4.69, 9.17) is 0 Å². The number of halogens is 1. The van der Waals surface area contributed by atoms with Crippen molar-refractivity contribution in [1.82, 2.24) is 9.55 Å². The lowest BCUT2D eigenvalue weighted by atomic mass is 10.1. The van der Waals surface area contributed by atoms with Crippen LogP contribution in [0.1, 0.15) is 0 Å². The van der Waals surface area contributed by atoms with Gasteiger partial charge in [0.15, 0.2) is 0 Å². The highest BCUT2D eigenvalue weighted by Gasteiger charge is 2.08. The molecule has 0 saturated heterocycles. The zero-order valence-corrected chi connectivity index (χ0v) is 12.1. The van der Waals surface area contributed by atoms with E-state index in [2.05, 4.69) is 11.1 Å². The minimum absolute atomic E-state index is 0.139. The molecule has 23 heavy (non-hydrogen) atoms. The Morgan fingerprint density at radius 1 is 1.09 bits per heavy atom. The van der Waals surface area contributed by atoms with Crippen LogP contribution in [0.25, 0.3) is 27.8 Å². The number of pyridine rings is 1. The molecule has 4 aromatic rings. The number of phenols is 1. The lowest BCUT2D eigenvalue weighted by molar-refractivity contribution is 0.475. The number of phenolic OH excluding ortho intramolecular Hbond substituents is 1. The van der Waals surface area contributed by atoms with Crippen LogP contribution in [0.3, 0.4) is 0 Å². The van der Waals surface area contributed by atoms with Crippen LogP contribution in [0.15, 0.2) is 67.0 Å². The lowest BCUT2D eigenvalue weighted by Gasteiger charge is -2.09. The SMILES string of the molecule is Oc1cc(-c2[c]cccn2)cc(-n2ccc3cc(F)ccc32)c1. The molecular weight excluding hydrogens is 291 g/mol. The molecule has 2 aromatic carbocycles. The van der Waals surface area contributed by atoms with E-state index in [-0.39, 0.29) is 11.6 Å². The molecule has 1 N–H and O–H groups in total. The van der Waals surface area contributed by atoms with E-state index >= 15 is 0 Å². The fourth-order valence-electron chi connectivity index (χ4n) is 2.69. The Labute approximate surface area is 132 Å². The van der Waals surface area contributed by atoms with Gasteiger partial charge in [-0.3, -0.25) is 4.98 Å². The minimum atomic E-state index is -0.269. The highest BCUT2D eigenvalue weighted by atomic mass is 19.1. The molecular formula is C19H12FN2O. The van der Waals surface area contributed by atoms with Crippen LogP contribution >= 0.6 is 0 Å². The third-order valence-corrected chi connectivity index (χ3v) is 3.71. The van der Waals surface area contributed by atoms with E-state index in [1.165, 1.54) is 12.1 Å². The molecule has 2 heterocycles. The predicted octanol–water partition coefficient (Wildman–Crippen LogP) is 4.34. The summed E-state index contributed by atoms with van der Waals surface area (Å²) in [5, 5.41) is 10.9. The van der Waals surface area contributed by atoms with Crippen molar-refractivity contribution in [3.63, 3.8) is 0 Å². The summed E-state index contributed by atoms with van der Waals surface area (Å²) in [6, 6.07) is 18.3. The molecule has 0 atom stereocenters. The fourth-order valence-corrected chi connectivity index (χ4v) is 2.69. The Kier molecular flexibility index (Phi) is 3.08. The third kappa shape index (κ3) is 2.44. The highest BCUT2D eigenvalue weighted by molar-refractivity contribution is 5.82. The molecule has 2 aromatic heterocycles. The first-order chi connectivity index (χ1) is 11.2. The van der Waals surface area contributed by atoms with Crippen LogP contribution < -0.4 is 0 Å². The van der Waals surface area contributed by atoms with Gasteiger partial charge in [-0.05, 0) is 42.5 Å².